The maximum absolute atomic E-state index is 2.56. The normalized spacial score (nSPS) is 41.8. The molecule has 0 aromatic rings. The Bertz CT molecular complexity index is 190. The lowest BCUT2D eigenvalue weighted by molar-refractivity contribution is 0.321. The molecule has 0 N–H and O–H groups in total. The molecule has 0 saturated heterocycles. The Morgan fingerprint density at radius 2 is 1.83 bits per heavy atom. The summed E-state index contributed by atoms with van der Waals surface area (Å²) in [6.45, 7) is 4.76. The topological polar surface area (TPSA) is 0 Å². The Labute approximate surface area is 76.1 Å². The molecule has 0 spiro atoms. The van der Waals surface area contributed by atoms with Gasteiger partial charge in [0.05, 0.1) is 0 Å². The Morgan fingerprint density at radius 3 is 2.67 bits per heavy atom. The molecular formula is C12H20. The van der Waals surface area contributed by atoms with E-state index in [1.165, 1.54) is 32.1 Å². The quantitative estimate of drug-likeness (QED) is 0.478. The van der Waals surface area contributed by atoms with Gasteiger partial charge in [0.1, 0.15) is 0 Å². The lowest BCUT2D eigenvalue weighted by Gasteiger charge is -2.34. The van der Waals surface area contributed by atoms with Gasteiger partial charge in [-0.05, 0) is 49.9 Å². The van der Waals surface area contributed by atoms with E-state index in [-0.39, 0.29) is 0 Å². The van der Waals surface area contributed by atoms with E-state index in [1.54, 1.807) is 5.57 Å². The van der Waals surface area contributed by atoms with Crippen LogP contribution in [0.25, 0.3) is 0 Å². The van der Waals surface area contributed by atoms with Crippen LogP contribution >= 0.6 is 0 Å². The van der Waals surface area contributed by atoms with E-state index in [9.17, 15) is 0 Å². The van der Waals surface area contributed by atoms with Gasteiger partial charge in [-0.2, -0.15) is 0 Å². The van der Waals surface area contributed by atoms with E-state index in [1.807, 2.05) is 0 Å². The molecule has 68 valence electrons. The first kappa shape index (κ1) is 8.34. The highest BCUT2D eigenvalue weighted by Crippen LogP contribution is 2.40. The number of allylic oxidation sites excluding steroid dienone is 2. The second kappa shape index (κ2) is 3.24. The summed E-state index contributed by atoms with van der Waals surface area (Å²) in [6.07, 6.45) is 9.80. The summed E-state index contributed by atoms with van der Waals surface area (Å²) in [5, 5.41) is 0. The first-order chi connectivity index (χ1) is 5.75. The van der Waals surface area contributed by atoms with Gasteiger partial charge in [0.2, 0.25) is 0 Å². The summed E-state index contributed by atoms with van der Waals surface area (Å²) in [4.78, 5) is 0. The molecule has 3 atom stereocenters. The fourth-order valence-electron chi connectivity index (χ4n) is 2.79. The SMILES string of the molecule is CC1C=C2CC(C)CCC2CC1. The number of hydrogen-bond donors (Lipinski definition) is 0. The van der Waals surface area contributed by atoms with Crippen molar-refractivity contribution in [3.05, 3.63) is 11.6 Å². The summed E-state index contributed by atoms with van der Waals surface area (Å²) in [5.74, 6) is 2.80. The van der Waals surface area contributed by atoms with Crippen molar-refractivity contribution >= 4 is 0 Å². The number of rotatable bonds is 0. The van der Waals surface area contributed by atoms with Crippen molar-refractivity contribution in [2.24, 2.45) is 17.8 Å². The second-order valence-corrected chi connectivity index (χ2v) is 4.88. The van der Waals surface area contributed by atoms with Crippen molar-refractivity contribution in [3.63, 3.8) is 0 Å². The monoisotopic (exact) mass is 164 g/mol. The minimum absolute atomic E-state index is 0.863. The first-order valence-electron chi connectivity index (χ1n) is 5.46. The zero-order chi connectivity index (χ0) is 8.55. The molecule has 1 saturated carbocycles. The molecule has 0 amide bonds. The summed E-state index contributed by atoms with van der Waals surface area (Å²) < 4.78 is 0. The molecule has 0 aliphatic heterocycles. The van der Waals surface area contributed by atoms with Gasteiger partial charge in [-0.15, -0.1) is 0 Å². The van der Waals surface area contributed by atoms with Gasteiger partial charge in [0.15, 0.2) is 0 Å². The van der Waals surface area contributed by atoms with Gasteiger partial charge in [0.25, 0.3) is 0 Å². The highest BCUT2D eigenvalue weighted by atomic mass is 14.3. The van der Waals surface area contributed by atoms with Crippen molar-refractivity contribution in [1.82, 2.24) is 0 Å². The van der Waals surface area contributed by atoms with Crippen LogP contribution in [0.15, 0.2) is 11.6 Å². The number of fused-ring (bicyclic) bond motifs is 1. The summed E-state index contributed by atoms with van der Waals surface area (Å²) in [7, 11) is 0. The smallest absolute Gasteiger partial charge is 0.0203 e. The molecule has 0 heteroatoms. The average molecular weight is 164 g/mol. The zero-order valence-corrected chi connectivity index (χ0v) is 8.34. The molecule has 2 aliphatic carbocycles. The van der Waals surface area contributed by atoms with Crippen LogP contribution in [0.4, 0.5) is 0 Å². The molecule has 0 heterocycles. The molecule has 3 unspecified atom stereocenters. The molecule has 0 radical (unpaired) electrons. The molecular weight excluding hydrogens is 144 g/mol. The van der Waals surface area contributed by atoms with Gasteiger partial charge >= 0.3 is 0 Å². The van der Waals surface area contributed by atoms with Gasteiger partial charge in [-0.25, -0.2) is 0 Å². The van der Waals surface area contributed by atoms with Crippen molar-refractivity contribution in [2.75, 3.05) is 0 Å². The van der Waals surface area contributed by atoms with Crippen LogP contribution in [0.3, 0.4) is 0 Å². The Balaban J connectivity index is 2.10. The third-order valence-corrected chi connectivity index (χ3v) is 3.59. The van der Waals surface area contributed by atoms with Gasteiger partial charge in [-0.1, -0.05) is 25.5 Å². The lowest BCUT2D eigenvalue weighted by atomic mass is 9.72. The molecule has 1 fully saturated rings. The first-order valence-corrected chi connectivity index (χ1v) is 5.46. The van der Waals surface area contributed by atoms with Gasteiger partial charge in [0, 0.05) is 0 Å². The largest absolute Gasteiger partial charge is 0.0822 e. The molecule has 0 nitrogen and oxygen atoms in total. The van der Waals surface area contributed by atoms with Crippen molar-refractivity contribution < 1.29 is 0 Å². The van der Waals surface area contributed by atoms with Crippen LogP contribution in [-0.2, 0) is 0 Å². The van der Waals surface area contributed by atoms with Crippen LogP contribution < -0.4 is 0 Å². The van der Waals surface area contributed by atoms with Crippen LogP contribution in [0.2, 0.25) is 0 Å². The Kier molecular flexibility index (Phi) is 2.25. The highest BCUT2D eigenvalue weighted by Gasteiger charge is 2.26. The third kappa shape index (κ3) is 1.57. The summed E-state index contributed by atoms with van der Waals surface area (Å²) in [6, 6.07) is 0. The van der Waals surface area contributed by atoms with E-state index in [0.29, 0.717) is 0 Å². The second-order valence-electron chi connectivity index (χ2n) is 4.88. The summed E-state index contributed by atoms with van der Waals surface area (Å²) >= 11 is 0. The molecule has 12 heavy (non-hydrogen) atoms. The van der Waals surface area contributed by atoms with Crippen LogP contribution in [0, 0.1) is 17.8 Å². The van der Waals surface area contributed by atoms with E-state index >= 15 is 0 Å². The third-order valence-electron chi connectivity index (χ3n) is 3.59. The molecule has 0 bridgehead atoms. The van der Waals surface area contributed by atoms with Gasteiger partial charge in [-0.3, -0.25) is 0 Å². The zero-order valence-electron chi connectivity index (χ0n) is 8.34. The molecule has 0 aromatic carbocycles. The predicted octanol–water partition coefficient (Wildman–Crippen LogP) is 3.78. The van der Waals surface area contributed by atoms with E-state index < -0.39 is 0 Å². The molecule has 2 rings (SSSR count). The van der Waals surface area contributed by atoms with E-state index in [0.717, 1.165) is 17.8 Å². The van der Waals surface area contributed by atoms with Crippen molar-refractivity contribution in [3.8, 4) is 0 Å². The fraction of sp³-hybridized carbons (Fsp3) is 0.833. The maximum atomic E-state index is 2.56. The predicted molar refractivity (Wildman–Crippen MR) is 53.0 cm³/mol. The molecule has 2 aliphatic rings. The molecule has 0 aromatic heterocycles. The van der Waals surface area contributed by atoms with Crippen molar-refractivity contribution in [2.45, 2.75) is 46.0 Å². The Hall–Kier alpha value is -0.260. The minimum atomic E-state index is 0.863. The van der Waals surface area contributed by atoms with E-state index in [2.05, 4.69) is 19.9 Å². The van der Waals surface area contributed by atoms with Crippen LogP contribution in [0.1, 0.15) is 46.0 Å². The Morgan fingerprint density at radius 1 is 1.08 bits per heavy atom. The lowest BCUT2D eigenvalue weighted by Crippen LogP contribution is -2.20. The van der Waals surface area contributed by atoms with Crippen LogP contribution in [-0.4, -0.2) is 0 Å². The maximum Gasteiger partial charge on any atom is -0.0203 e. The summed E-state index contributed by atoms with van der Waals surface area (Å²) in [5.41, 5.74) is 1.80. The van der Waals surface area contributed by atoms with Crippen LogP contribution in [0.5, 0.6) is 0 Å². The fourth-order valence-corrected chi connectivity index (χ4v) is 2.79. The number of hydrogen-bond acceptors (Lipinski definition) is 0. The standard InChI is InChI=1S/C12H20/c1-9-3-5-11-6-4-10(2)8-12(11)7-9/h7,9-11H,3-6,8H2,1-2H3. The average Bonchev–Trinajstić information content (AvgIpc) is 2.03. The minimum Gasteiger partial charge on any atom is -0.0822 e. The van der Waals surface area contributed by atoms with E-state index in [4.69, 9.17) is 0 Å². The highest BCUT2D eigenvalue weighted by molar-refractivity contribution is 5.14. The van der Waals surface area contributed by atoms with Crippen molar-refractivity contribution in [1.29, 1.82) is 0 Å². The van der Waals surface area contributed by atoms with Gasteiger partial charge < -0.3 is 0 Å².